The third-order valence-electron chi connectivity index (χ3n) is 5.04. The Morgan fingerprint density at radius 3 is 2.41 bits per heavy atom. The molecule has 8 nitrogen and oxygen atoms in total. The zero-order chi connectivity index (χ0) is 24.7. The Labute approximate surface area is 201 Å². The maximum Gasteiger partial charge on any atom is 0.338 e. The second-order valence-corrected chi connectivity index (χ2v) is 8.35. The van der Waals surface area contributed by atoms with Gasteiger partial charge >= 0.3 is 5.97 Å². The third-order valence-corrected chi connectivity index (χ3v) is 6.08. The summed E-state index contributed by atoms with van der Waals surface area (Å²) in [5, 5.41) is 16.4. The van der Waals surface area contributed by atoms with Gasteiger partial charge in [-0.15, -0.1) is 0 Å². The molecular weight excluding hydrogens is 452 g/mol. The quantitative estimate of drug-likeness (QED) is 0.497. The molecule has 0 radical (unpaired) electrons. The second-order valence-electron chi connectivity index (χ2n) is 7.37. The molecule has 174 valence electrons. The fraction of sp³-hybridized carbons (Fsp3) is 0.200. The molecule has 0 saturated carbocycles. The highest BCUT2D eigenvalue weighted by atomic mass is 32.2. The fourth-order valence-electron chi connectivity index (χ4n) is 3.55. The van der Waals surface area contributed by atoms with Gasteiger partial charge in [0.2, 0.25) is 5.91 Å². The Morgan fingerprint density at radius 1 is 1.15 bits per heavy atom. The molecule has 1 aliphatic heterocycles. The maximum absolute atomic E-state index is 13.4. The molecule has 0 saturated heterocycles. The maximum atomic E-state index is 13.4. The predicted molar refractivity (Wildman–Crippen MR) is 130 cm³/mol. The summed E-state index contributed by atoms with van der Waals surface area (Å²) in [6.45, 7) is 3.74. The van der Waals surface area contributed by atoms with E-state index in [0.29, 0.717) is 33.1 Å². The van der Waals surface area contributed by atoms with Gasteiger partial charge in [0.25, 0.3) is 5.91 Å². The summed E-state index contributed by atoms with van der Waals surface area (Å²) in [7, 11) is 0. The SMILES string of the molecule is CCOC(=O)c1ccc(NC(=O)C2=C(C)NC(SCC(N)=O)=C(C#N)[C@@H]2c2ccccc2)cc1. The molecule has 3 rings (SSSR count). The molecule has 2 amide bonds. The van der Waals surface area contributed by atoms with Crippen molar-refractivity contribution in [3.8, 4) is 6.07 Å². The molecule has 0 aliphatic carbocycles. The van der Waals surface area contributed by atoms with Gasteiger partial charge < -0.3 is 21.1 Å². The molecule has 1 aliphatic rings. The molecule has 34 heavy (non-hydrogen) atoms. The number of allylic oxidation sites excluding steroid dienone is 2. The van der Waals surface area contributed by atoms with Crippen LogP contribution in [0.4, 0.5) is 5.69 Å². The number of ether oxygens (including phenoxy) is 1. The lowest BCUT2D eigenvalue weighted by molar-refractivity contribution is -0.115. The lowest BCUT2D eigenvalue weighted by Crippen LogP contribution is -2.31. The number of nitrogens with one attached hydrogen (secondary N) is 2. The first-order chi connectivity index (χ1) is 16.3. The lowest BCUT2D eigenvalue weighted by atomic mass is 9.82. The van der Waals surface area contributed by atoms with E-state index in [-0.39, 0.29) is 12.4 Å². The molecule has 1 atom stereocenters. The number of dihydropyridines is 1. The molecule has 4 N–H and O–H groups in total. The van der Waals surface area contributed by atoms with Crippen molar-refractivity contribution in [2.24, 2.45) is 5.73 Å². The number of nitrogens with zero attached hydrogens (tertiary/aromatic N) is 1. The Morgan fingerprint density at radius 2 is 1.82 bits per heavy atom. The number of hydrogen-bond acceptors (Lipinski definition) is 7. The number of esters is 1. The van der Waals surface area contributed by atoms with Crippen LogP contribution in [0.1, 0.15) is 35.7 Å². The average molecular weight is 477 g/mol. The van der Waals surface area contributed by atoms with Gasteiger partial charge in [-0.3, -0.25) is 9.59 Å². The van der Waals surface area contributed by atoms with Crippen molar-refractivity contribution < 1.29 is 19.1 Å². The zero-order valence-corrected chi connectivity index (χ0v) is 19.6. The third kappa shape index (κ3) is 5.66. The molecule has 9 heteroatoms. The number of thioether (sulfide) groups is 1. The number of amides is 2. The number of carbonyl (C=O) groups excluding carboxylic acids is 3. The van der Waals surface area contributed by atoms with Gasteiger partial charge in [0.05, 0.1) is 40.5 Å². The van der Waals surface area contributed by atoms with Crippen LogP contribution < -0.4 is 16.4 Å². The number of hydrogen-bond donors (Lipinski definition) is 3. The molecule has 0 bridgehead atoms. The van der Waals surface area contributed by atoms with E-state index in [4.69, 9.17) is 10.5 Å². The van der Waals surface area contributed by atoms with Crippen molar-refractivity contribution in [2.75, 3.05) is 17.7 Å². The summed E-state index contributed by atoms with van der Waals surface area (Å²) in [5.74, 6) is -1.99. The zero-order valence-electron chi connectivity index (χ0n) is 18.8. The van der Waals surface area contributed by atoms with Gasteiger partial charge in [-0.2, -0.15) is 5.26 Å². The molecular formula is C25H24N4O4S. The number of benzene rings is 2. The topological polar surface area (TPSA) is 134 Å². The van der Waals surface area contributed by atoms with E-state index in [1.807, 2.05) is 30.3 Å². The number of rotatable bonds is 8. The molecule has 2 aromatic carbocycles. The first kappa shape index (κ1) is 24.6. The van der Waals surface area contributed by atoms with Crippen LogP contribution in [0.3, 0.4) is 0 Å². The van der Waals surface area contributed by atoms with E-state index < -0.39 is 23.7 Å². The van der Waals surface area contributed by atoms with Gasteiger partial charge in [0.15, 0.2) is 0 Å². The van der Waals surface area contributed by atoms with E-state index >= 15 is 0 Å². The normalized spacial score (nSPS) is 15.3. The summed E-state index contributed by atoms with van der Waals surface area (Å²) in [6, 6.07) is 17.8. The van der Waals surface area contributed by atoms with E-state index in [1.54, 1.807) is 38.1 Å². The van der Waals surface area contributed by atoms with Gasteiger partial charge in [-0.1, -0.05) is 42.1 Å². The van der Waals surface area contributed by atoms with Crippen LogP contribution in [-0.2, 0) is 14.3 Å². The van der Waals surface area contributed by atoms with Crippen LogP contribution in [-0.4, -0.2) is 30.1 Å². The molecule has 0 unspecified atom stereocenters. The number of carbonyl (C=O) groups is 3. The Balaban J connectivity index is 1.94. The van der Waals surface area contributed by atoms with Gasteiger partial charge in [-0.05, 0) is 43.7 Å². The molecule has 1 heterocycles. The predicted octanol–water partition coefficient (Wildman–Crippen LogP) is 3.42. The van der Waals surface area contributed by atoms with Crippen LogP contribution >= 0.6 is 11.8 Å². The summed E-state index contributed by atoms with van der Waals surface area (Å²) in [5.41, 5.74) is 8.17. The summed E-state index contributed by atoms with van der Waals surface area (Å²) >= 11 is 1.13. The minimum atomic E-state index is -0.637. The second kappa shape index (κ2) is 11.2. The fourth-order valence-corrected chi connectivity index (χ4v) is 4.38. The Bertz CT molecular complexity index is 1200. The van der Waals surface area contributed by atoms with Gasteiger partial charge in [0, 0.05) is 17.0 Å². The van der Waals surface area contributed by atoms with Crippen LogP contribution in [0.15, 0.2) is 76.5 Å². The van der Waals surface area contributed by atoms with Crippen molar-refractivity contribution in [3.63, 3.8) is 0 Å². The lowest BCUT2D eigenvalue weighted by Gasteiger charge is -2.29. The van der Waals surface area contributed by atoms with Crippen molar-refractivity contribution >= 4 is 35.2 Å². The minimum Gasteiger partial charge on any atom is -0.462 e. The van der Waals surface area contributed by atoms with E-state index in [0.717, 1.165) is 17.3 Å². The van der Waals surface area contributed by atoms with Crippen molar-refractivity contribution in [2.45, 2.75) is 19.8 Å². The van der Waals surface area contributed by atoms with Crippen LogP contribution in [0.5, 0.6) is 0 Å². The van der Waals surface area contributed by atoms with E-state index in [2.05, 4.69) is 16.7 Å². The van der Waals surface area contributed by atoms with Crippen LogP contribution in [0.25, 0.3) is 0 Å². The van der Waals surface area contributed by atoms with Crippen molar-refractivity contribution in [3.05, 3.63) is 87.6 Å². The molecule has 0 fully saturated rings. The summed E-state index contributed by atoms with van der Waals surface area (Å²) < 4.78 is 4.98. The monoisotopic (exact) mass is 476 g/mol. The number of anilines is 1. The standard InChI is InChI=1S/C25H24N4O4S/c1-3-33-25(32)17-9-11-18(12-10-17)29-23(31)21-15(2)28-24(34-14-20(27)30)19(13-26)22(21)16-7-5-4-6-8-16/h4-12,22,28H,3,14H2,1-2H3,(H2,27,30)(H,29,31)/t22-/m0/s1. The summed E-state index contributed by atoms with van der Waals surface area (Å²) in [4.78, 5) is 36.6. The van der Waals surface area contributed by atoms with E-state index in [1.165, 1.54) is 0 Å². The highest BCUT2D eigenvalue weighted by Crippen LogP contribution is 2.40. The van der Waals surface area contributed by atoms with Crippen LogP contribution in [0, 0.1) is 11.3 Å². The smallest absolute Gasteiger partial charge is 0.338 e. The first-order valence-corrected chi connectivity index (χ1v) is 11.5. The highest BCUT2D eigenvalue weighted by molar-refractivity contribution is 8.03. The first-order valence-electron chi connectivity index (χ1n) is 10.5. The van der Waals surface area contributed by atoms with E-state index in [9.17, 15) is 19.6 Å². The molecule has 0 aromatic heterocycles. The van der Waals surface area contributed by atoms with Crippen molar-refractivity contribution in [1.29, 1.82) is 5.26 Å². The van der Waals surface area contributed by atoms with Gasteiger partial charge in [-0.25, -0.2) is 4.79 Å². The van der Waals surface area contributed by atoms with Crippen molar-refractivity contribution in [1.82, 2.24) is 5.32 Å². The van der Waals surface area contributed by atoms with Gasteiger partial charge in [0.1, 0.15) is 0 Å². The average Bonchev–Trinajstić information content (AvgIpc) is 2.83. The number of nitriles is 1. The molecule has 0 spiro atoms. The molecule has 2 aromatic rings. The largest absolute Gasteiger partial charge is 0.462 e. The Hall–Kier alpha value is -4.03. The minimum absolute atomic E-state index is 0.00333. The highest BCUT2D eigenvalue weighted by Gasteiger charge is 2.34. The van der Waals surface area contributed by atoms with Crippen LogP contribution in [0.2, 0.25) is 0 Å². The number of primary amides is 1. The number of nitrogens with two attached hydrogens (primary N) is 1. The Kier molecular flexibility index (Phi) is 8.11. The summed E-state index contributed by atoms with van der Waals surface area (Å²) in [6.07, 6.45) is 0.